The Kier molecular flexibility index (Phi) is 3.48. The number of piperidine rings is 1. The summed E-state index contributed by atoms with van der Waals surface area (Å²) in [4.78, 5) is 2.67. The summed E-state index contributed by atoms with van der Waals surface area (Å²) in [6.45, 7) is 3.66. The van der Waals surface area contributed by atoms with Gasteiger partial charge in [-0.15, -0.1) is 0 Å². The van der Waals surface area contributed by atoms with E-state index < -0.39 is 0 Å². The second kappa shape index (κ2) is 5.23. The van der Waals surface area contributed by atoms with Crippen LogP contribution >= 0.6 is 0 Å². The van der Waals surface area contributed by atoms with E-state index in [1.165, 1.54) is 38.8 Å². The Hall–Kier alpha value is -0.800. The lowest BCUT2D eigenvalue weighted by atomic mass is 9.99. The van der Waals surface area contributed by atoms with E-state index in [9.17, 15) is 0 Å². The van der Waals surface area contributed by atoms with Crippen LogP contribution in [-0.4, -0.2) is 36.6 Å². The van der Waals surface area contributed by atoms with Crippen LogP contribution < -0.4 is 5.32 Å². The first kappa shape index (κ1) is 11.3. The van der Waals surface area contributed by atoms with Gasteiger partial charge in [0.15, 0.2) is 0 Å². The Bertz CT molecular complexity index is 336. The molecule has 0 bridgehead atoms. The van der Waals surface area contributed by atoms with Crippen LogP contribution in [0.5, 0.6) is 0 Å². The Labute approximate surface area is 103 Å². The highest BCUT2D eigenvalue weighted by atomic mass is 16.3. The molecule has 0 aromatic carbocycles. The summed E-state index contributed by atoms with van der Waals surface area (Å²) in [5.74, 6) is 1.09. The molecule has 3 heterocycles. The molecule has 3 heteroatoms. The normalized spacial score (nSPS) is 29.4. The van der Waals surface area contributed by atoms with Crippen molar-refractivity contribution in [2.24, 2.45) is 0 Å². The van der Waals surface area contributed by atoms with E-state index in [2.05, 4.69) is 16.3 Å². The Morgan fingerprint density at radius 3 is 3.18 bits per heavy atom. The summed E-state index contributed by atoms with van der Waals surface area (Å²) >= 11 is 0. The van der Waals surface area contributed by atoms with Crippen molar-refractivity contribution >= 4 is 0 Å². The van der Waals surface area contributed by atoms with E-state index in [1.807, 2.05) is 6.07 Å². The van der Waals surface area contributed by atoms with Crippen LogP contribution in [-0.2, 0) is 6.42 Å². The highest BCUT2D eigenvalue weighted by molar-refractivity contribution is 4.99. The lowest BCUT2D eigenvalue weighted by Gasteiger charge is -2.32. The van der Waals surface area contributed by atoms with Gasteiger partial charge in [0.25, 0.3) is 0 Å². The predicted molar refractivity (Wildman–Crippen MR) is 68.0 cm³/mol. The van der Waals surface area contributed by atoms with Gasteiger partial charge in [-0.25, -0.2) is 0 Å². The molecule has 0 amide bonds. The fourth-order valence-corrected chi connectivity index (χ4v) is 3.32. The molecule has 0 spiro atoms. The molecule has 1 aromatic rings. The van der Waals surface area contributed by atoms with Crippen LogP contribution in [0.4, 0.5) is 0 Å². The summed E-state index contributed by atoms with van der Waals surface area (Å²) < 4.78 is 5.35. The molecule has 1 aromatic heterocycles. The fraction of sp³-hybridized carbons (Fsp3) is 0.714. The van der Waals surface area contributed by atoms with Gasteiger partial charge in [0, 0.05) is 31.6 Å². The monoisotopic (exact) mass is 234 g/mol. The zero-order chi connectivity index (χ0) is 11.5. The van der Waals surface area contributed by atoms with Crippen molar-refractivity contribution < 1.29 is 4.42 Å². The van der Waals surface area contributed by atoms with E-state index in [-0.39, 0.29) is 0 Å². The van der Waals surface area contributed by atoms with Gasteiger partial charge < -0.3 is 9.73 Å². The van der Waals surface area contributed by atoms with Gasteiger partial charge in [0.05, 0.1) is 6.26 Å². The summed E-state index contributed by atoms with van der Waals surface area (Å²) in [5, 5.41) is 3.72. The molecule has 94 valence electrons. The quantitative estimate of drug-likeness (QED) is 0.864. The number of hydrogen-bond acceptors (Lipinski definition) is 3. The van der Waals surface area contributed by atoms with Crippen molar-refractivity contribution in [2.75, 3.05) is 19.6 Å². The van der Waals surface area contributed by atoms with Gasteiger partial charge in [-0.05, 0) is 37.9 Å². The number of furan rings is 1. The third-order valence-electron chi connectivity index (χ3n) is 4.21. The van der Waals surface area contributed by atoms with Crippen molar-refractivity contribution in [1.29, 1.82) is 0 Å². The summed E-state index contributed by atoms with van der Waals surface area (Å²) in [6.07, 6.45) is 8.29. The Morgan fingerprint density at radius 1 is 1.29 bits per heavy atom. The third kappa shape index (κ3) is 2.55. The van der Waals surface area contributed by atoms with E-state index >= 15 is 0 Å². The molecule has 0 radical (unpaired) electrons. The minimum atomic E-state index is 0.713. The molecular formula is C14H22N2O. The minimum Gasteiger partial charge on any atom is -0.469 e. The molecule has 3 nitrogen and oxygen atoms in total. The standard InChI is InChI=1S/C14H22N2O/c1-2-9-16-10-7-13(14(16)5-1)15-8-6-12-4-3-11-17-12/h3-4,11,13-15H,1-2,5-10H2. The molecule has 3 rings (SSSR count). The molecule has 2 unspecified atom stereocenters. The minimum absolute atomic E-state index is 0.713. The number of nitrogens with one attached hydrogen (secondary N) is 1. The highest BCUT2D eigenvalue weighted by Gasteiger charge is 2.34. The van der Waals surface area contributed by atoms with Crippen molar-refractivity contribution in [3.63, 3.8) is 0 Å². The molecule has 2 fully saturated rings. The summed E-state index contributed by atoms with van der Waals surface area (Å²) in [7, 11) is 0. The first-order valence-electron chi connectivity index (χ1n) is 6.93. The number of fused-ring (bicyclic) bond motifs is 1. The maximum Gasteiger partial charge on any atom is 0.105 e. The third-order valence-corrected chi connectivity index (χ3v) is 4.21. The van der Waals surface area contributed by atoms with Crippen LogP contribution in [0.3, 0.4) is 0 Å². The topological polar surface area (TPSA) is 28.4 Å². The van der Waals surface area contributed by atoms with Crippen LogP contribution in [0.2, 0.25) is 0 Å². The average Bonchev–Trinajstić information content (AvgIpc) is 2.99. The molecule has 2 aliphatic heterocycles. The molecular weight excluding hydrogens is 212 g/mol. The van der Waals surface area contributed by atoms with Gasteiger partial charge in [0.1, 0.15) is 5.76 Å². The number of hydrogen-bond donors (Lipinski definition) is 1. The molecule has 2 saturated heterocycles. The summed E-state index contributed by atoms with van der Waals surface area (Å²) in [6, 6.07) is 5.54. The van der Waals surface area contributed by atoms with Gasteiger partial charge >= 0.3 is 0 Å². The fourth-order valence-electron chi connectivity index (χ4n) is 3.32. The molecule has 1 N–H and O–H groups in total. The molecule has 2 aliphatic rings. The van der Waals surface area contributed by atoms with E-state index in [0.29, 0.717) is 6.04 Å². The number of rotatable bonds is 4. The van der Waals surface area contributed by atoms with Crippen molar-refractivity contribution in [3.8, 4) is 0 Å². The Morgan fingerprint density at radius 2 is 2.29 bits per heavy atom. The molecule has 0 saturated carbocycles. The Balaban J connectivity index is 1.46. The molecule has 0 aliphatic carbocycles. The second-order valence-corrected chi connectivity index (χ2v) is 5.28. The van der Waals surface area contributed by atoms with Crippen molar-refractivity contribution in [3.05, 3.63) is 24.2 Å². The van der Waals surface area contributed by atoms with E-state index in [1.54, 1.807) is 6.26 Å². The number of nitrogens with zero attached hydrogens (tertiary/aromatic N) is 1. The van der Waals surface area contributed by atoms with Crippen molar-refractivity contribution in [1.82, 2.24) is 10.2 Å². The predicted octanol–water partition coefficient (Wildman–Crippen LogP) is 2.04. The lowest BCUT2D eigenvalue weighted by molar-refractivity contribution is 0.180. The SMILES string of the molecule is c1coc(CCNC2CCN3CCCCC23)c1. The van der Waals surface area contributed by atoms with E-state index in [0.717, 1.165) is 24.8 Å². The molecule has 2 atom stereocenters. The van der Waals surface area contributed by atoms with Crippen LogP contribution in [0.15, 0.2) is 22.8 Å². The van der Waals surface area contributed by atoms with Crippen LogP contribution in [0, 0.1) is 0 Å². The van der Waals surface area contributed by atoms with Gasteiger partial charge in [-0.3, -0.25) is 4.90 Å². The van der Waals surface area contributed by atoms with Gasteiger partial charge in [0.2, 0.25) is 0 Å². The molecule has 17 heavy (non-hydrogen) atoms. The van der Waals surface area contributed by atoms with Gasteiger partial charge in [-0.2, -0.15) is 0 Å². The maximum absolute atomic E-state index is 5.35. The van der Waals surface area contributed by atoms with Crippen molar-refractivity contribution in [2.45, 2.75) is 44.2 Å². The highest BCUT2D eigenvalue weighted by Crippen LogP contribution is 2.26. The van der Waals surface area contributed by atoms with Crippen LogP contribution in [0.25, 0.3) is 0 Å². The smallest absolute Gasteiger partial charge is 0.105 e. The first-order chi connectivity index (χ1) is 8.43. The van der Waals surface area contributed by atoms with Gasteiger partial charge in [-0.1, -0.05) is 6.42 Å². The largest absolute Gasteiger partial charge is 0.469 e. The zero-order valence-corrected chi connectivity index (χ0v) is 10.4. The van der Waals surface area contributed by atoms with Crippen LogP contribution in [0.1, 0.15) is 31.4 Å². The lowest BCUT2D eigenvalue weighted by Crippen LogP contribution is -2.45. The van der Waals surface area contributed by atoms with E-state index in [4.69, 9.17) is 4.42 Å². The first-order valence-corrected chi connectivity index (χ1v) is 6.93. The summed E-state index contributed by atoms with van der Waals surface area (Å²) in [5.41, 5.74) is 0. The second-order valence-electron chi connectivity index (χ2n) is 5.28. The average molecular weight is 234 g/mol. The maximum atomic E-state index is 5.35. The zero-order valence-electron chi connectivity index (χ0n) is 10.4.